The number of hydrogen-bond acceptors (Lipinski definition) is 3. The molecule has 0 bridgehead atoms. The maximum atomic E-state index is 12.7. The first kappa shape index (κ1) is 8.90. The molecule has 0 unspecified atom stereocenters. The standard InChI is InChI=1S/C7H15FN2O/c1-7-3-5-9(6-4-7)10(8)11-2/h7H,3-6H2,1-2H3. The molecular weight excluding hydrogens is 147 g/mol. The van der Waals surface area contributed by atoms with Gasteiger partial charge in [0.2, 0.25) is 0 Å². The Morgan fingerprint density at radius 3 is 2.45 bits per heavy atom. The van der Waals surface area contributed by atoms with Crippen LogP contribution in [0, 0.1) is 5.92 Å². The molecule has 0 aliphatic carbocycles. The molecule has 1 fully saturated rings. The molecule has 0 aromatic carbocycles. The molecule has 1 aliphatic heterocycles. The van der Waals surface area contributed by atoms with Gasteiger partial charge in [-0.05, 0) is 18.8 Å². The van der Waals surface area contributed by atoms with E-state index in [1.807, 2.05) is 0 Å². The van der Waals surface area contributed by atoms with Gasteiger partial charge in [0.1, 0.15) is 0 Å². The van der Waals surface area contributed by atoms with Crippen molar-refractivity contribution >= 4 is 0 Å². The first-order valence-corrected chi connectivity index (χ1v) is 3.99. The summed E-state index contributed by atoms with van der Waals surface area (Å²) in [4.78, 5) is 4.42. The summed E-state index contributed by atoms with van der Waals surface area (Å²) in [5.74, 6) is 0.719. The van der Waals surface area contributed by atoms with Crippen molar-refractivity contribution in [2.24, 2.45) is 5.92 Å². The summed E-state index contributed by atoms with van der Waals surface area (Å²) >= 11 is 0. The quantitative estimate of drug-likeness (QED) is 0.450. The molecule has 0 amide bonds. The van der Waals surface area contributed by atoms with Crippen molar-refractivity contribution < 1.29 is 9.32 Å². The van der Waals surface area contributed by atoms with Gasteiger partial charge in [0.25, 0.3) is 0 Å². The number of nitrogens with zero attached hydrogens (tertiary/aromatic N) is 2. The van der Waals surface area contributed by atoms with E-state index in [-0.39, 0.29) is 0 Å². The van der Waals surface area contributed by atoms with E-state index in [1.54, 1.807) is 5.01 Å². The van der Waals surface area contributed by atoms with E-state index in [9.17, 15) is 4.48 Å². The highest BCUT2D eigenvalue weighted by atomic mass is 19.2. The molecule has 0 spiro atoms. The number of hydrazine groups is 1. The Balaban J connectivity index is 2.27. The third kappa shape index (κ3) is 2.39. The molecule has 1 saturated heterocycles. The lowest BCUT2D eigenvalue weighted by molar-refractivity contribution is -0.382. The smallest absolute Gasteiger partial charge is 0.0619 e. The van der Waals surface area contributed by atoms with Crippen LogP contribution >= 0.6 is 0 Å². The van der Waals surface area contributed by atoms with E-state index in [0.29, 0.717) is 5.39 Å². The summed E-state index contributed by atoms with van der Waals surface area (Å²) in [6.45, 7) is 3.70. The monoisotopic (exact) mass is 162 g/mol. The van der Waals surface area contributed by atoms with Gasteiger partial charge >= 0.3 is 0 Å². The summed E-state index contributed by atoms with van der Waals surface area (Å²) in [7, 11) is 1.33. The van der Waals surface area contributed by atoms with Crippen LogP contribution in [0.25, 0.3) is 0 Å². The van der Waals surface area contributed by atoms with E-state index < -0.39 is 0 Å². The third-order valence-corrected chi connectivity index (χ3v) is 2.13. The normalized spacial score (nSPS) is 22.9. The first-order chi connectivity index (χ1) is 5.24. The predicted molar refractivity (Wildman–Crippen MR) is 39.9 cm³/mol. The minimum absolute atomic E-state index is 0.325. The Kier molecular flexibility index (Phi) is 3.23. The Morgan fingerprint density at radius 2 is 2.00 bits per heavy atom. The van der Waals surface area contributed by atoms with Crippen LogP contribution in [0.1, 0.15) is 19.8 Å². The maximum absolute atomic E-state index is 12.7. The van der Waals surface area contributed by atoms with Crippen molar-refractivity contribution in [1.82, 2.24) is 10.4 Å². The van der Waals surface area contributed by atoms with Crippen LogP contribution in [-0.4, -0.2) is 30.6 Å². The molecule has 11 heavy (non-hydrogen) atoms. The van der Waals surface area contributed by atoms with Crippen molar-refractivity contribution in [3.8, 4) is 0 Å². The second kappa shape index (κ2) is 3.99. The number of rotatable bonds is 2. The third-order valence-electron chi connectivity index (χ3n) is 2.13. The Labute approximate surface area is 66.6 Å². The summed E-state index contributed by atoms with van der Waals surface area (Å²) < 4.78 is 12.7. The average molecular weight is 162 g/mol. The first-order valence-electron chi connectivity index (χ1n) is 3.99. The number of piperidine rings is 1. The van der Waals surface area contributed by atoms with Gasteiger partial charge in [-0.25, -0.2) is 0 Å². The molecule has 1 heterocycles. The highest BCUT2D eigenvalue weighted by Gasteiger charge is 2.20. The van der Waals surface area contributed by atoms with Crippen molar-refractivity contribution in [2.45, 2.75) is 19.8 Å². The molecule has 0 saturated carbocycles. The Hall–Kier alpha value is -0.190. The van der Waals surface area contributed by atoms with Gasteiger partial charge in [0, 0.05) is 13.1 Å². The maximum Gasteiger partial charge on any atom is 0.0619 e. The van der Waals surface area contributed by atoms with Crippen molar-refractivity contribution in [3.63, 3.8) is 0 Å². The van der Waals surface area contributed by atoms with Crippen LogP contribution in [-0.2, 0) is 4.84 Å². The fraction of sp³-hybridized carbons (Fsp3) is 1.00. The van der Waals surface area contributed by atoms with Crippen molar-refractivity contribution in [3.05, 3.63) is 0 Å². The fourth-order valence-corrected chi connectivity index (χ4v) is 1.27. The summed E-state index contributed by atoms with van der Waals surface area (Å²) in [6, 6.07) is 0. The molecule has 0 radical (unpaired) electrons. The lowest BCUT2D eigenvalue weighted by Gasteiger charge is -2.31. The van der Waals surface area contributed by atoms with Crippen molar-refractivity contribution in [1.29, 1.82) is 0 Å². The van der Waals surface area contributed by atoms with E-state index in [4.69, 9.17) is 0 Å². The molecular formula is C7H15FN2O. The van der Waals surface area contributed by atoms with Crippen molar-refractivity contribution in [2.75, 3.05) is 20.2 Å². The van der Waals surface area contributed by atoms with Gasteiger partial charge in [0.05, 0.1) is 12.5 Å². The fourth-order valence-electron chi connectivity index (χ4n) is 1.27. The Morgan fingerprint density at radius 1 is 1.45 bits per heavy atom. The van der Waals surface area contributed by atoms with E-state index in [1.165, 1.54) is 7.11 Å². The summed E-state index contributed by atoms with van der Waals surface area (Å²) in [5.41, 5.74) is 0. The molecule has 3 nitrogen and oxygen atoms in total. The molecule has 66 valence electrons. The SMILES string of the molecule is CON(F)N1CCC(C)CC1. The van der Waals surface area contributed by atoms with Gasteiger partial charge < -0.3 is 0 Å². The second-order valence-electron chi connectivity index (χ2n) is 3.05. The zero-order valence-corrected chi connectivity index (χ0v) is 7.09. The van der Waals surface area contributed by atoms with E-state index in [0.717, 1.165) is 31.8 Å². The van der Waals surface area contributed by atoms with E-state index in [2.05, 4.69) is 11.8 Å². The largest absolute Gasteiger partial charge is 0.260 e. The van der Waals surface area contributed by atoms with Crippen LogP contribution in [0.15, 0.2) is 0 Å². The minimum atomic E-state index is 0.325. The molecule has 1 rings (SSSR count). The Bertz CT molecular complexity index is 115. The average Bonchev–Trinajstić information content (AvgIpc) is 2.05. The molecule has 1 aliphatic rings. The second-order valence-corrected chi connectivity index (χ2v) is 3.05. The minimum Gasteiger partial charge on any atom is -0.260 e. The van der Waals surface area contributed by atoms with E-state index >= 15 is 0 Å². The topological polar surface area (TPSA) is 15.7 Å². The number of halogens is 1. The van der Waals surface area contributed by atoms with Crippen LogP contribution in [0.4, 0.5) is 4.48 Å². The van der Waals surface area contributed by atoms with Crippen LogP contribution < -0.4 is 0 Å². The highest BCUT2D eigenvalue weighted by molar-refractivity contribution is 4.64. The molecule has 0 aromatic rings. The molecule has 0 atom stereocenters. The lowest BCUT2D eigenvalue weighted by atomic mass is 10.0. The van der Waals surface area contributed by atoms with Crippen LogP contribution in [0.2, 0.25) is 0 Å². The number of hydrogen-bond donors (Lipinski definition) is 0. The lowest BCUT2D eigenvalue weighted by Crippen LogP contribution is -2.41. The predicted octanol–water partition coefficient (Wildman–Crippen LogP) is 1.38. The van der Waals surface area contributed by atoms with Gasteiger partial charge in [0.15, 0.2) is 0 Å². The van der Waals surface area contributed by atoms with Gasteiger partial charge in [-0.1, -0.05) is 11.4 Å². The summed E-state index contributed by atoms with van der Waals surface area (Å²) in [6.07, 6.45) is 2.09. The molecule has 4 heteroatoms. The molecule has 0 N–H and O–H groups in total. The van der Waals surface area contributed by atoms with Gasteiger partial charge in [-0.3, -0.25) is 4.84 Å². The molecule has 0 aromatic heterocycles. The van der Waals surface area contributed by atoms with Gasteiger partial charge in [-0.15, -0.1) is 0 Å². The zero-order chi connectivity index (χ0) is 8.27. The zero-order valence-electron chi connectivity index (χ0n) is 7.09. The van der Waals surface area contributed by atoms with Gasteiger partial charge in [-0.2, -0.15) is 5.01 Å². The van der Waals surface area contributed by atoms with Crippen LogP contribution in [0.3, 0.4) is 0 Å². The summed E-state index contributed by atoms with van der Waals surface area (Å²) in [5, 5.41) is 1.89. The van der Waals surface area contributed by atoms with Crippen LogP contribution in [0.5, 0.6) is 0 Å². The highest BCUT2D eigenvalue weighted by Crippen LogP contribution is 2.17.